The third-order valence-corrected chi connectivity index (χ3v) is 6.01. The molecule has 2 aromatic carbocycles. The van der Waals surface area contributed by atoms with Crippen molar-refractivity contribution in [3.8, 4) is 21.8 Å². The first-order valence-corrected chi connectivity index (χ1v) is 10.3. The molecule has 1 amide bonds. The molecule has 1 aromatic heterocycles. The molecule has 5 heteroatoms. The summed E-state index contributed by atoms with van der Waals surface area (Å²) in [6.07, 6.45) is 0. The summed E-state index contributed by atoms with van der Waals surface area (Å²) in [4.78, 5) is 16.9. The normalized spacial score (nSPS) is 11.4. The van der Waals surface area contributed by atoms with Crippen LogP contribution in [-0.2, 0) is 11.3 Å². The SMILES string of the molecule is Cc1ccc(-c2csc(-c3ccc(CNC(=O)C(C)(C)CCl)cc3)n2)cc1. The minimum atomic E-state index is -0.561. The minimum Gasteiger partial charge on any atom is -0.352 e. The van der Waals surface area contributed by atoms with E-state index in [2.05, 4.69) is 41.9 Å². The van der Waals surface area contributed by atoms with Crippen LogP contribution in [0.1, 0.15) is 25.0 Å². The minimum absolute atomic E-state index is 0.0377. The standard InChI is InChI=1S/C22H23ClN2OS/c1-15-4-8-17(9-5-15)19-13-27-20(25-19)18-10-6-16(7-11-18)12-24-21(26)22(2,3)14-23/h4-11,13H,12,14H2,1-3H3,(H,24,26). The predicted octanol–water partition coefficient (Wildman–Crippen LogP) is 5.67. The van der Waals surface area contributed by atoms with Crippen molar-refractivity contribution in [2.45, 2.75) is 27.3 Å². The lowest BCUT2D eigenvalue weighted by molar-refractivity contribution is -0.128. The summed E-state index contributed by atoms with van der Waals surface area (Å²) in [6, 6.07) is 16.5. The Hall–Kier alpha value is -2.17. The fraction of sp³-hybridized carbons (Fsp3) is 0.273. The van der Waals surface area contributed by atoms with E-state index >= 15 is 0 Å². The third-order valence-electron chi connectivity index (χ3n) is 4.45. The van der Waals surface area contributed by atoms with E-state index in [4.69, 9.17) is 16.6 Å². The molecule has 0 radical (unpaired) electrons. The van der Waals surface area contributed by atoms with Gasteiger partial charge in [-0.3, -0.25) is 4.79 Å². The summed E-state index contributed by atoms with van der Waals surface area (Å²) in [7, 11) is 0. The molecule has 0 unspecified atom stereocenters. The third kappa shape index (κ3) is 4.76. The Morgan fingerprint density at radius 2 is 1.70 bits per heavy atom. The zero-order valence-corrected chi connectivity index (χ0v) is 17.3. The van der Waals surface area contributed by atoms with Crippen molar-refractivity contribution in [1.29, 1.82) is 0 Å². The van der Waals surface area contributed by atoms with Gasteiger partial charge in [0.2, 0.25) is 5.91 Å². The lowest BCUT2D eigenvalue weighted by atomic mass is 9.95. The summed E-state index contributed by atoms with van der Waals surface area (Å²) in [5, 5.41) is 6.02. The fourth-order valence-corrected chi connectivity index (χ4v) is 3.47. The van der Waals surface area contributed by atoms with Crippen LogP contribution in [0.4, 0.5) is 0 Å². The van der Waals surface area contributed by atoms with Crippen molar-refractivity contribution in [3.05, 3.63) is 65.0 Å². The highest BCUT2D eigenvalue weighted by molar-refractivity contribution is 7.13. The molecular weight excluding hydrogens is 376 g/mol. The van der Waals surface area contributed by atoms with E-state index in [9.17, 15) is 4.79 Å². The van der Waals surface area contributed by atoms with Crippen LogP contribution in [0.15, 0.2) is 53.9 Å². The number of aryl methyl sites for hydroxylation is 1. The number of carbonyl (C=O) groups is 1. The molecule has 0 fully saturated rings. The Morgan fingerprint density at radius 3 is 2.33 bits per heavy atom. The van der Waals surface area contributed by atoms with Gasteiger partial charge in [0.1, 0.15) is 5.01 Å². The van der Waals surface area contributed by atoms with Crippen molar-refractivity contribution in [3.63, 3.8) is 0 Å². The number of amides is 1. The van der Waals surface area contributed by atoms with Crippen molar-refractivity contribution < 1.29 is 4.79 Å². The second kappa shape index (κ2) is 8.24. The molecule has 27 heavy (non-hydrogen) atoms. The highest BCUT2D eigenvalue weighted by Gasteiger charge is 2.25. The van der Waals surface area contributed by atoms with Crippen molar-refractivity contribution in [1.82, 2.24) is 10.3 Å². The van der Waals surface area contributed by atoms with E-state index in [0.29, 0.717) is 12.4 Å². The van der Waals surface area contributed by atoms with Crippen LogP contribution in [-0.4, -0.2) is 16.8 Å². The molecule has 0 aliphatic rings. The summed E-state index contributed by atoms with van der Waals surface area (Å²) < 4.78 is 0. The van der Waals surface area contributed by atoms with Crippen LogP contribution in [0.5, 0.6) is 0 Å². The number of hydrogen-bond acceptors (Lipinski definition) is 3. The van der Waals surface area contributed by atoms with E-state index in [-0.39, 0.29) is 5.91 Å². The zero-order chi connectivity index (χ0) is 19.4. The lowest BCUT2D eigenvalue weighted by Crippen LogP contribution is -2.37. The number of thiazole rings is 1. The maximum Gasteiger partial charge on any atom is 0.227 e. The molecule has 3 nitrogen and oxygen atoms in total. The van der Waals surface area contributed by atoms with Gasteiger partial charge in [0.15, 0.2) is 0 Å². The molecule has 0 aliphatic heterocycles. The number of carbonyl (C=O) groups excluding carboxylic acids is 1. The molecule has 0 atom stereocenters. The topological polar surface area (TPSA) is 42.0 Å². The number of halogens is 1. The van der Waals surface area contributed by atoms with E-state index < -0.39 is 5.41 Å². The molecule has 140 valence electrons. The molecule has 3 aromatic rings. The Balaban J connectivity index is 1.67. The Kier molecular flexibility index (Phi) is 5.98. The lowest BCUT2D eigenvalue weighted by Gasteiger charge is -2.20. The quantitative estimate of drug-likeness (QED) is 0.544. The van der Waals surface area contributed by atoms with Gasteiger partial charge in [-0.2, -0.15) is 0 Å². The number of aromatic nitrogens is 1. The highest BCUT2D eigenvalue weighted by atomic mass is 35.5. The second-order valence-corrected chi connectivity index (χ2v) is 8.43. The van der Waals surface area contributed by atoms with E-state index in [1.165, 1.54) is 5.56 Å². The van der Waals surface area contributed by atoms with Gasteiger partial charge in [-0.05, 0) is 26.3 Å². The van der Waals surface area contributed by atoms with Crippen LogP contribution in [0.2, 0.25) is 0 Å². The highest BCUT2D eigenvalue weighted by Crippen LogP contribution is 2.29. The molecule has 1 heterocycles. The van der Waals surface area contributed by atoms with E-state index in [0.717, 1.165) is 27.4 Å². The maximum absolute atomic E-state index is 12.1. The summed E-state index contributed by atoms with van der Waals surface area (Å²) in [6.45, 7) is 6.25. The monoisotopic (exact) mass is 398 g/mol. The van der Waals surface area contributed by atoms with Gasteiger partial charge in [0.05, 0.1) is 11.1 Å². The van der Waals surface area contributed by atoms with Gasteiger partial charge in [-0.25, -0.2) is 4.98 Å². The van der Waals surface area contributed by atoms with Crippen LogP contribution in [0, 0.1) is 12.3 Å². The Labute approximate surface area is 169 Å². The number of benzene rings is 2. The van der Waals surface area contributed by atoms with Gasteiger partial charge < -0.3 is 5.32 Å². The number of hydrogen-bond donors (Lipinski definition) is 1. The van der Waals surface area contributed by atoms with Crippen LogP contribution < -0.4 is 5.32 Å². The van der Waals surface area contributed by atoms with Crippen molar-refractivity contribution in [2.75, 3.05) is 5.88 Å². The summed E-state index contributed by atoms with van der Waals surface area (Å²) >= 11 is 7.48. The van der Waals surface area contributed by atoms with Gasteiger partial charge in [0, 0.05) is 28.9 Å². The largest absolute Gasteiger partial charge is 0.352 e. The summed E-state index contributed by atoms with van der Waals surface area (Å²) in [5.41, 5.74) is 4.93. The molecule has 0 aliphatic carbocycles. The smallest absolute Gasteiger partial charge is 0.227 e. The second-order valence-electron chi connectivity index (χ2n) is 7.30. The molecule has 0 saturated carbocycles. The van der Waals surface area contributed by atoms with E-state index in [1.807, 2.05) is 38.1 Å². The van der Waals surface area contributed by atoms with Gasteiger partial charge in [0.25, 0.3) is 0 Å². The molecule has 0 bridgehead atoms. The molecule has 3 rings (SSSR count). The number of nitrogens with zero attached hydrogens (tertiary/aromatic N) is 1. The first-order chi connectivity index (χ1) is 12.9. The van der Waals surface area contributed by atoms with Crippen molar-refractivity contribution >= 4 is 28.8 Å². The van der Waals surface area contributed by atoms with Gasteiger partial charge in [-0.15, -0.1) is 22.9 Å². The van der Waals surface area contributed by atoms with Gasteiger partial charge in [-0.1, -0.05) is 54.1 Å². The molecule has 0 spiro atoms. The number of rotatable bonds is 6. The van der Waals surface area contributed by atoms with Crippen LogP contribution >= 0.6 is 22.9 Å². The Bertz CT molecular complexity index is 914. The predicted molar refractivity (Wildman–Crippen MR) is 114 cm³/mol. The zero-order valence-electron chi connectivity index (χ0n) is 15.8. The molecule has 1 N–H and O–H groups in total. The van der Waals surface area contributed by atoms with Crippen LogP contribution in [0.25, 0.3) is 21.8 Å². The molecule has 0 saturated heterocycles. The fourth-order valence-electron chi connectivity index (χ4n) is 2.51. The van der Waals surface area contributed by atoms with Crippen LogP contribution in [0.3, 0.4) is 0 Å². The first kappa shape index (κ1) is 19.6. The number of alkyl halides is 1. The average molecular weight is 399 g/mol. The molecular formula is C22H23ClN2OS. The van der Waals surface area contributed by atoms with Crippen molar-refractivity contribution in [2.24, 2.45) is 5.41 Å². The van der Waals surface area contributed by atoms with Gasteiger partial charge >= 0.3 is 0 Å². The Morgan fingerprint density at radius 1 is 1.07 bits per heavy atom. The van der Waals surface area contributed by atoms with E-state index in [1.54, 1.807) is 11.3 Å². The maximum atomic E-state index is 12.1. The average Bonchev–Trinajstić information content (AvgIpc) is 3.17. The number of nitrogens with one attached hydrogen (secondary N) is 1. The summed E-state index contributed by atoms with van der Waals surface area (Å²) in [5.74, 6) is 0.259. The first-order valence-electron chi connectivity index (χ1n) is 8.85.